The van der Waals surface area contributed by atoms with Crippen molar-refractivity contribution in [1.82, 2.24) is 0 Å². The summed E-state index contributed by atoms with van der Waals surface area (Å²) in [7, 11) is -3.70. The number of carbonyl (C=O) groups excluding carboxylic acids is 1. The topological polar surface area (TPSA) is 72.5 Å². The fourth-order valence-corrected chi connectivity index (χ4v) is 3.70. The van der Waals surface area contributed by atoms with E-state index < -0.39 is 21.5 Å². The van der Waals surface area contributed by atoms with Gasteiger partial charge in [-0.3, -0.25) is 4.79 Å². The lowest BCUT2D eigenvalue weighted by Crippen LogP contribution is -2.23. The van der Waals surface area contributed by atoms with E-state index in [1.807, 2.05) is 6.92 Å². The van der Waals surface area contributed by atoms with Gasteiger partial charge in [0.25, 0.3) is 0 Å². The molecule has 0 spiro atoms. The van der Waals surface area contributed by atoms with E-state index in [-0.39, 0.29) is 4.90 Å². The third kappa shape index (κ3) is 5.34. The number of carbonyl (C=O) groups is 1. The van der Waals surface area contributed by atoms with Crippen LogP contribution in [0.15, 0.2) is 77.7 Å². The second-order valence-corrected chi connectivity index (χ2v) is 8.63. The summed E-state index contributed by atoms with van der Waals surface area (Å²) in [4.78, 5) is 12.3. The van der Waals surface area contributed by atoms with Crippen LogP contribution in [0.4, 0.5) is 5.69 Å². The Hall–Kier alpha value is -2.83. The molecule has 7 heteroatoms. The molecule has 0 atom stereocenters. The molecule has 1 amide bonds. The highest BCUT2D eigenvalue weighted by molar-refractivity contribution is 7.92. The van der Waals surface area contributed by atoms with Gasteiger partial charge in [0.05, 0.1) is 4.90 Å². The Morgan fingerprint density at radius 2 is 1.43 bits per heavy atom. The molecule has 0 radical (unpaired) electrons. The zero-order chi connectivity index (χ0) is 20.1. The molecule has 3 aromatic carbocycles. The second-order valence-electron chi connectivity index (χ2n) is 6.20. The minimum atomic E-state index is -3.70. The van der Waals surface area contributed by atoms with Crippen molar-refractivity contribution in [1.29, 1.82) is 0 Å². The van der Waals surface area contributed by atoms with Crippen molar-refractivity contribution < 1.29 is 17.9 Å². The summed E-state index contributed by atoms with van der Waals surface area (Å²) in [6.45, 7) is 1.86. The first-order chi connectivity index (χ1) is 13.3. The lowest BCUT2D eigenvalue weighted by molar-refractivity contribution is -0.113. The van der Waals surface area contributed by atoms with Crippen molar-refractivity contribution in [2.75, 3.05) is 11.1 Å². The van der Waals surface area contributed by atoms with E-state index in [0.717, 1.165) is 5.56 Å². The van der Waals surface area contributed by atoms with Crippen LogP contribution in [0.25, 0.3) is 0 Å². The monoisotopic (exact) mass is 415 g/mol. The van der Waals surface area contributed by atoms with Crippen molar-refractivity contribution in [3.05, 3.63) is 83.4 Å². The maximum Gasteiger partial charge on any atom is 0.239 e. The van der Waals surface area contributed by atoms with Gasteiger partial charge in [0.15, 0.2) is 9.84 Å². The van der Waals surface area contributed by atoms with E-state index in [4.69, 9.17) is 16.3 Å². The van der Waals surface area contributed by atoms with Crippen LogP contribution in [0, 0.1) is 6.92 Å². The Kier molecular flexibility index (Phi) is 6.02. The van der Waals surface area contributed by atoms with E-state index in [9.17, 15) is 13.2 Å². The molecule has 5 nitrogen and oxygen atoms in total. The molecule has 0 aliphatic carbocycles. The van der Waals surface area contributed by atoms with Gasteiger partial charge in [0.2, 0.25) is 5.91 Å². The molecule has 0 saturated heterocycles. The van der Waals surface area contributed by atoms with Crippen LogP contribution < -0.4 is 10.1 Å². The Labute approximate surface area is 168 Å². The molecular weight excluding hydrogens is 398 g/mol. The molecule has 1 N–H and O–H groups in total. The number of sulfone groups is 1. The Balaban J connectivity index is 1.61. The van der Waals surface area contributed by atoms with Crippen LogP contribution in [0.3, 0.4) is 0 Å². The van der Waals surface area contributed by atoms with Crippen molar-refractivity contribution >= 4 is 33.0 Å². The first kappa shape index (κ1) is 19.9. The molecule has 0 bridgehead atoms. The second kappa shape index (κ2) is 8.46. The SMILES string of the molecule is Cc1ccc(S(=O)(=O)CC(=O)Nc2ccc(Oc3ccc(Cl)cc3)cc2)cc1. The number of rotatable bonds is 6. The average molecular weight is 416 g/mol. The van der Waals surface area contributed by atoms with E-state index in [1.165, 1.54) is 12.1 Å². The van der Waals surface area contributed by atoms with Gasteiger partial charge in [-0.1, -0.05) is 29.3 Å². The summed E-state index contributed by atoms with van der Waals surface area (Å²) in [6, 6.07) is 20.0. The molecule has 3 rings (SSSR count). The third-order valence-corrected chi connectivity index (χ3v) is 5.77. The molecule has 28 heavy (non-hydrogen) atoms. The van der Waals surface area contributed by atoms with Crippen LogP contribution >= 0.6 is 11.6 Å². The van der Waals surface area contributed by atoms with Crippen LogP contribution in [0.5, 0.6) is 11.5 Å². The maximum atomic E-state index is 12.3. The van der Waals surface area contributed by atoms with Gasteiger partial charge in [-0.2, -0.15) is 0 Å². The van der Waals surface area contributed by atoms with Crippen molar-refractivity contribution in [3.63, 3.8) is 0 Å². The minimum Gasteiger partial charge on any atom is -0.457 e. The van der Waals surface area contributed by atoms with Crippen molar-refractivity contribution in [2.45, 2.75) is 11.8 Å². The Bertz CT molecular complexity index is 1060. The largest absolute Gasteiger partial charge is 0.457 e. The molecule has 0 fully saturated rings. The standard InChI is InChI=1S/C21H18ClNO4S/c1-15-2-12-20(13-3-15)28(25,26)14-21(24)23-17-6-10-19(11-7-17)27-18-8-4-16(22)5-9-18/h2-13H,14H2,1H3,(H,23,24). The molecule has 144 valence electrons. The van der Waals surface area contributed by atoms with Gasteiger partial charge in [-0.15, -0.1) is 0 Å². The van der Waals surface area contributed by atoms with E-state index >= 15 is 0 Å². The summed E-state index contributed by atoms with van der Waals surface area (Å²) in [5.41, 5.74) is 1.43. The van der Waals surface area contributed by atoms with Gasteiger partial charge >= 0.3 is 0 Å². The van der Waals surface area contributed by atoms with Gasteiger partial charge in [-0.25, -0.2) is 8.42 Å². The molecule has 0 unspecified atom stereocenters. The predicted octanol–water partition coefficient (Wildman–Crippen LogP) is 4.85. The van der Waals surface area contributed by atoms with Gasteiger partial charge < -0.3 is 10.1 Å². The van der Waals surface area contributed by atoms with E-state index in [1.54, 1.807) is 60.7 Å². The zero-order valence-corrected chi connectivity index (χ0v) is 16.6. The molecule has 3 aromatic rings. The average Bonchev–Trinajstić information content (AvgIpc) is 2.65. The van der Waals surface area contributed by atoms with Crippen LogP contribution in [0.1, 0.15) is 5.56 Å². The summed E-state index contributed by atoms with van der Waals surface area (Å²) in [5, 5.41) is 3.20. The predicted molar refractivity (Wildman–Crippen MR) is 110 cm³/mol. The number of hydrogen-bond acceptors (Lipinski definition) is 4. The zero-order valence-electron chi connectivity index (χ0n) is 15.1. The number of halogens is 1. The lowest BCUT2D eigenvalue weighted by atomic mass is 10.2. The molecule has 0 aromatic heterocycles. The summed E-state index contributed by atoms with van der Waals surface area (Å²) >= 11 is 5.84. The summed E-state index contributed by atoms with van der Waals surface area (Å²) in [5.74, 6) is -0.0241. The van der Waals surface area contributed by atoms with Gasteiger partial charge in [-0.05, 0) is 67.6 Å². The fraction of sp³-hybridized carbons (Fsp3) is 0.0952. The van der Waals surface area contributed by atoms with Crippen LogP contribution in [0.2, 0.25) is 5.02 Å². The number of aryl methyl sites for hydroxylation is 1. The summed E-state index contributed by atoms with van der Waals surface area (Å²) in [6.07, 6.45) is 0. The smallest absolute Gasteiger partial charge is 0.239 e. The minimum absolute atomic E-state index is 0.125. The number of amides is 1. The van der Waals surface area contributed by atoms with Crippen molar-refractivity contribution in [3.8, 4) is 11.5 Å². The van der Waals surface area contributed by atoms with Crippen LogP contribution in [-0.2, 0) is 14.6 Å². The van der Waals surface area contributed by atoms with E-state index in [0.29, 0.717) is 22.2 Å². The highest BCUT2D eigenvalue weighted by Crippen LogP contribution is 2.24. The number of benzene rings is 3. The highest BCUT2D eigenvalue weighted by Gasteiger charge is 2.19. The highest BCUT2D eigenvalue weighted by atomic mass is 35.5. The Morgan fingerprint density at radius 3 is 2.00 bits per heavy atom. The molecule has 0 aliphatic heterocycles. The Morgan fingerprint density at radius 1 is 0.893 bits per heavy atom. The van der Waals surface area contributed by atoms with Crippen LogP contribution in [-0.4, -0.2) is 20.1 Å². The number of ether oxygens (including phenoxy) is 1. The lowest BCUT2D eigenvalue weighted by Gasteiger charge is -2.09. The van der Waals surface area contributed by atoms with E-state index in [2.05, 4.69) is 5.32 Å². The normalized spacial score (nSPS) is 11.1. The maximum absolute atomic E-state index is 12.3. The number of hydrogen-bond donors (Lipinski definition) is 1. The molecule has 0 heterocycles. The molecule has 0 aliphatic rings. The van der Waals surface area contributed by atoms with Gasteiger partial charge in [0, 0.05) is 10.7 Å². The summed E-state index contributed by atoms with van der Waals surface area (Å²) < 4.78 is 30.3. The fourth-order valence-electron chi connectivity index (χ4n) is 2.44. The number of anilines is 1. The van der Waals surface area contributed by atoms with Crippen molar-refractivity contribution in [2.24, 2.45) is 0 Å². The first-order valence-corrected chi connectivity index (χ1v) is 10.5. The molecule has 0 saturated carbocycles. The number of nitrogens with one attached hydrogen (secondary N) is 1. The molecular formula is C21H18ClNO4S. The van der Waals surface area contributed by atoms with Gasteiger partial charge in [0.1, 0.15) is 17.3 Å². The first-order valence-electron chi connectivity index (χ1n) is 8.45. The third-order valence-electron chi connectivity index (χ3n) is 3.89. The quantitative estimate of drug-likeness (QED) is 0.624.